The van der Waals surface area contributed by atoms with E-state index in [2.05, 4.69) is 10.1 Å². The third kappa shape index (κ3) is 8.07. The second kappa shape index (κ2) is 14.9. The highest BCUT2D eigenvalue weighted by Gasteiger charge is 2.38. The van der Waals surface area contributed by atoms with Gasteiger partial charge in [-0.3, -0.25) is 24.2 Å². The van der Waals surface area contributed by atoms with Crippen molar-refractivity contribution in [2.75, 3.05) is 39.3 Å². The fourth-order valence-electron chi connectivity index (χ4n) is 5.48. The molecule has 250 valence electrons. The lowest BCUT2D eigenvalue weighted by atomic mass is 9.92. The van der Waals surface area contributed by atoms with Gasteiger partial charge in [-0.25, -0.2) is 18.4 Å². The number of piperazine rings is 1. The molecule has 1 unspecified atom stereocenters. The number of halogens is 5. The van der Waals surface area contributed by atoms with Gasteiger partial charge in [0.25, 0.3) is 11.1 Å². The van der Waals surface area contributed by atoms with Crippen LogP contribution in [0.15, 0.2) is 47.9 Å². The van der Waals surface area contributed by atoms with Crippen LogP contribution in [0.3, 0.4) is 0 Å². The van der Waals surface area contributed by atoms with E-state index in [4.69, 9.17) is 34.8 Å². The van der Waals surface area contributed by atoms with Crippen LogP contribution in [-0.2, 0) is 21.7 Å². The minimum Gasteiger partial charge on any atom is -0.506 e. The smallest absolute Gasteiger partial charge is 0.293 e. The Labute approximate surface area is 287 Å². The molecule has 0 bridgehead atoms. The van der Waals surface area contributed by atoms with Crippen LogP contribution in [-0.4, -0.2) is 96.0 Å². The number of imide groups is 1. The number of phenolic OH excluding ortho intramolecular Hbond substituents is 1. The molecule has 1 aromatic heterocycles. The van der Waals surface area contributed by atoms with E-state index in [1.54, 1.807) is 4.90 Å². The lowest BCUT2D eigenvalue weighted by Gasteiger charge is -2.39. The number of thioether (sulfide) groups is 1. The molecule has 2 saturated heterocycles. The SMILES string of the molecule is O=C(CCCCN1C(=O)SC(=C(Cl)c2cc(Cl)cc(Cl)c2O)C1=O)N1CCN(CC(O)(Cn2cncn2)c2ccc(F)cc2F)CC1. The molecular formula is C30H29Cl3F2N6O5S. The summed E-state index contributed by atoms with van der Waals surface area (Å²) >= 11 is 19.0. The van der Waals surface area contributed by atoms with E-state index < -0.39 is 28.4 Å². The Morgan fingerprint density at radius 3 is 2.47 bits per heavy atom. The first-order valence-corrected chi connectivity index (χ1v) is 16.4. The summed E-state index contributed by atoms with van der Waals surface area (Å²) in [7, 11) is 0. The van der Waals surface area contributed by atoms with Crippen LogP contribution in [0.1, 0.15) is 30.4 Å². The normalized spacial score (nSPS) is 18.2. The summed E-state index contributed by atoms with van der Waals surface area (Å²) in [6.45, 7) is 1.53. The molecule has 0 aliphatic carbocycles. The third-order valence-electron chi connectivity index (χ3n) is 7.87. The number of aromatic nitrogens is 3. The Hall–Kier alpha value is -3.27. The van der Waals surface area contributed by atoms with Crippen molar-refractivity contribution in [1.82, 2.24) is 29.5 Å². The van der Waals surface area contributed by atoms with Gasteiger partial charge in [0.1, 0.15) is 40.5 Å². The number of β-amino-alcohol motifs (C(OH)–C–C–N with tert-alkyl or cyclic N) is 1. The molecular weight excluding hydrogens is 701 g/mol. The summed E-state index contributed by atoms with van der Waals surface area (Å²) in [5.74, 6) is -2.72. The average molecular weight is 730 g/mol. The van der Waals surface area contributed by atoms with Gasteiger partial charge in [0.05, 0.1) is 16.6 Å². The molecule has 3 amide bonds. The Morgan fingerprint density at radius 1 is 1.04 bits per heavy atom. The Morgan fingerprint density at radius 2 is 1.79 bits per heavy atom. The summed E-state index contributed by atoms with van der Waals surface area (Å²) in [6, 6.07) is 5.69. The molecule has 11 nitrogen and oxygen atoms in total. The molecule has 3 heterocycles. The maximum atomic E-state index is 14.8. The largest absolute Gasteiger partial charge is 0.506 e. The van der Waals surface area contributed by atoms with E-state index in [0.717, 1.165) is 17.0 Å². The monoisotopic (exact) mass is 728 g/mol. The van der Waals surface area contributed by atoms with Crippen molar-refractivity contribution in [1.29, 1.82) is 0 Å². The second-order valence-corrected chi connectivity index (χ2v) is 13.3. The number of hydrogen-bond donors (Lipinski definition) is 2. The molecule has 1 atom stereocenters. The zero-order chi connectivity index (χ0) is 33.9. The molecule has 2 aromatic carbocycles. The zero-order valence-corrected chi connectivity index (χ0v) is 27.8. The molecule has 0 spiro atoms. The van der Waals surface area contributed by atoms with Crippen molar-refractivity contribution in [2.24, 2.45) is 0 Å². The highest BCUT2D eigenvalue weighted by atomic mass is 35.5. The summed E-state index contributed by atoms with van der Waals surface area (Å²) in [4.78, 5) is 47.0. The predicted octanol–water partition coefficient (Wildman–Crippen LogP) is 5.07. The zero-order valence-electron chi connectivity index (χ0n) is 24.7. The number of benzene rings is 2. The van der Waals surface area contributed by atoms with Crippen molar-refractivity contribution >= 4 is 68.7 Å². The number of carbonyl (C=O) groups is 3. The quantitative estimate of drug-likeness (QED) is 0.205. The van der Waals surface area contributed by atoms with Crippen LogP contribution in [0, 0.1) is 11.6 Å². The van der Waals surface area contributed by atoms with Crippen LogP contribution in [0.5, 0.6) is 5.75 Å². The van der Waals surface area contributed by atoms with Crippen LogP contribution in [0.25, 0.3) is 5.03 Å². The summed E-state index contributed by atoms with van der Waals surface area (Å²) in [5.41, 5.74) is -1.79. The molecule has 2 aliphatic rings. The topological polar surface area (TPSA) is 132 Å². The Bertz CT molecular complexity index is 1710. The van der Waals surface area contributed by atoms with Gasteiger partial charge in [0, 0.05) is 67.9 Å². The average Bonchev–Trinajstić information content (AvgIpc) is 3.63. The van der Waals surface area contributed by atoms with Gasteiger partial charge in [-0.05, 0) is 42.8 Å². The van der Waals surface area contributed by atoms with E-state index in [1.807, 2.05) is 4.90 Å². The maximum Gasteiger partial charge on any atom is 0.293 e. The van der Waals surface area contributed by atoms with Crippen molar-refractivity contribution in [3.8, 4) is 5.75 Å². The fourth-order valence-corrected chi connectivity index (χ4v) is 7.17. The predicted molar refractivity (Wildman–Crippen MR) is 173 cm³/mol. The van der Waals surface area contributed by atoms with Crippen molar-refractivity contribution in [2.45, 2.75) is 31.4 Å². The summed E-state index contributed by atoms with van der Waals surface area (Å²) in [6.07, 6.45) is 3.67. The molecule has 2 fully saturated rings. The molecule has 5 rings (SSSR count). The van der Waals surface area contributed by atoms with Crippen LogP contribution in [0.2, 0.25) is 10.0 Å². The number of rotatable bonds is 11. The number of phenols is 1. The van der Waals surface area contributed by atoms with Gasteiger partial charge in [-0.2, -0.15) is 5.10 Å². The fraction of sp³-hybridized carbons (Fsp3) is 0.367. The van der Waals surface area contributed by atoms with Crippen LogP contribution >= 0.6 is 46.6 Å². The maximum absolute atomic E-state index is 14.8. The number of amides is 3. The Kier molecular flexibility index (Phi) is 11.1. The van der Waals surface area contributed by atoms with Gasteiger partial charge in [0.2, 0.25) is 5.91 Å². The minimum absolute atomic E-state index is 0.0117. The first kappa shape index (κ1) is 35.0. The summed E-state index contributed by atoms with van der Waals surface area (Å²) < 4.78 is 29.7. The van der Waals surface area contributed by atoms with Gasteiger partial charge < -0.3 is 15.1 Å². The first-order valence-electron chi connectivity index (χ1n) is 14.5. The molecule has 0 radical (unpaired) electrons. The number of nitrogens with zero attached hydrogens (tertiary/aromatic N) is 6. The molecule has 3 aromatic rings. The summed E-state index contributed by atoms with van der Waals surface area (Å²) in [5, 5.41) is 25.4. The van der Waals surface area contributed by atoms with E-state index in [1.165, 1.54) is 35.5 Å². The number of aromatic hydroxyl groups is 1. The number of carbonyl (C=O) groups excluding carboxylic acids is 3. The van der Waals surface area contributed by atoms with Gasteiger partial charge >= 0.3 is 0 Å². The first-order chi connectivity index (χ1) is 22.4. The third-order valence-corrected chi connectivity index (χ3v) is 9.86. The van der Waals surface area contributed by atoms with E-state index >= 15 is 0 Å². The molecule has 0 saturated carbocycles. The van der Waals surface area contributed by atoms with Crippen molar-refractivity contribution in [3.63, 3.8) is 0 Å². The van der Waals surface area contributed by atoms with E-state index in [0.29, 0.717) is 50.8 Å². The molecule has 17 heteroatoms. The van der Waals surface area contributed by atoms with Gasteiger partial charge in [-0.1, -0.05) is 40.9 Å². The lowest BCUT2D eigenvalue weighted by Crippen LogP contribution is -2.53. The van der Waals surface area contributed by atoms with Crippen LogP contribution in [0.4, 0.5) is 13.6 Å². The highest BCUT2D eigenvalue weighted by Crippen LogP contribution is 2.43. The van der Waals surface area contributed by atoms with E-state index in [9.17, 15) is 33.4 Å². The minimum atomic E-state index is -1.75. The van der Waals surface area contributed by atoms with Crippen molar-refractivity contribution in [3.05, 3.63) is 80.7 Å². The highest BCUT2D eigenvalue weighted by molar-refractivity contribution is 8.18. The van der Waals surface area contributed by atoms with Crippen molar-refractivity contribution < 1.29 is 33.4 Å². The standard InChI is InChI=1S/C30H29Cl3F2N6O5S/c31-18-11-20(26(43)22(32)12-18)25(33)27-28(44)41(29(45)47-27)6-2-1-3-24(42)39-9-7-38(8-10-39)14-30(46,15-40-17-36-16-37-40)21-5-4-19(34)13-23(21)35/h4-5,11-13,16-17,43,46H,1-3,6-10,14-15H2. The van der Waals surface area contributed by atoms with Gasteiger partial charge in [0.15, 0.2) is 0 Å². The van der Waals surface area contributed by atoms with E-state index in [-0.39, 0.29) is 68.8 Å². The lowest BCUT2D eigenvalue weighted by molar-refractivity contribution is -0.133. The number of hydrogen-bond acceptors (Lipinski definition) is 9. The molecule has 2 aliphatic heterocycles. The molecule has 2 N–H and O–H groups in total. The Balaban J connectivity index is 1.11. The van der Waals surface area contributed by atoms with Crippen LogP contribution < -0.4 is 0 Å². The number of unbranched alkanes of at least 4 members (excludes halogenated alkanes) is 1. The molecule has 47 heavy (non-hydrogen) atoms. The van der Waals surface area contributed by atoms with Gasteiger partial charge in [-0.15, -0.1) is 0 Å². The second-order valence-electron chi connectivity index (χ2n) is 11.1. The number of aliphatic hydroxyl groups is 1.